The molecule has 0 saturated carbocycles. The number of aliphatic hydroxyl groups excluding tert-OH is 2. The molecule has 1 saturated heterocycles. The Labute approximate surface area is 272 Å². The third-order valence-corrected chi connectivity index (χ3v) is 8.30. The summed E-state index contributed by atoms with van der Waals surface area (Å²) in [5.74, 6) is -2.64. The molecule has 236 valence electrons. The van der Waals surface area contributed by atoms with Crippen molar-refractivity contribution in [3.05, 3.63) is 105 Å². The first-order valence-corrected chi connectivity index (χ1v) is 14.9. The van der Waals surface area contributed by atoms with E-state index in [0.717, 1.165) is 4.90 Å². The van der Waals surface area contributed by atoms with E-state index in [9.17, 15) is 34.2 Å². The Hall–Kier alpha value is -4.59. The molecule has 3 aliphatic rings. The normalized spacial score (nSPS) is 21.5. The van der Waals surface area contributed by atoms with Gasteiger partial charge < -0.3 is 20.3 Å². The predicted octanol–water partition coefficient (Wildman–Crippen LogP) is 2.99. The maximum absolute atomic E-state index is 13.3. The van der Waals surface area contributed by atoms with Gasteiger partial charge in [0.15, 0.2) is 6.23 Å². The lowest BCUT2D eigenvalue weighted by Gasteiger charge is -2.34. The summed E-state index contributed by atoms with van der Waals surface area (Å²) in [7, 11) is 0. The molecule has 1 fully saturated rings. The van der Waals surface area contributed by atoms with Crippen LogP contribution < -0.4 is 15.4 Å². The lowest BCUT2D eigenvalue weighted by atomic mass is 9.91. The number of rotatable bonds is 7. The molecule has 0 bridgehead atoms. The number of halogens is 2. The van der Waals surface area contributed by atoms with Gasteiger partial charge in [0.1, 0.15) is 23.8 Å². The van der Waals surface area contributed by atoms with E-state index in [1.807, 2.05) is 0 Å². The van der Waals surface area contributed by atoms with Crippen molar-refractivity contribution in [2.75, 3.05) is 5.32 Å². The summed E-state index contributed by atoms with van der Waals surface area (Å²) in [4.78, 5) is 65.8. The fraction of sp³-hybridized carbons (Fsp3) is 0.219. The zero-order chi connectivity index (χ0) is 32.7. The summed E-state index contributed by atoms with van der Waals surface area (Å²) in [6.07, 6.45) is -1.26. The molecule has 12 nitrogen and oxygen atoms in total. The first-order valence-electron chi connectivity index (χ1n) is 14.2. The summed E-state index contributed by atoms with van der Waals surface area (Å²) in [6.45, 7) is 0.135. The minimum atomic E-state index is -1.26. The highest BCUT2D eigenvalue weighted by molar-refractivity contribution is 6.34. The number of amides is 5. The average Bonchev–Trinajstić information content (AvgIpc) is 3.25. The summed E-state index contributed by atoms with van der Waals surface area (Å²) in [5.41, 5.74) is 1.64. The van der Waals surface area contributed by atoms with Crippen LogP contribution >= 0.6 is 23.2 Å². The van der Waals surface area contributed by atoms with Gasteiger partial charge in [-0.2, -0.15) is 0 Å². The number of fused-ring (bicyclic) bond motifs is 1. The van der Waals surface area contributed by atoms with Crippen molar-refractivity contribution >= 4 is 58.4 Å². The number of hydrogen-bond donors (Lipinski definition) is 4. The second-order valence-electron chi connectivity index (χ2n) is 10.9. The van der Waals surface area contributed by atoms with Crippen LogP contribution in [0.5, 0.6) is 5.75 Å². The number of hydrogen-bond acceptors (Lipinski definition) is 9. The Morgan fingerprint density at radius 1 is 1.00 bits per heavy atom. The van der Waals surface area contributed by atoms with E-state index in [-0.39, 0.29) is 48.3 Å². The van der Waals surface area contributed by atoms with E-state index in [0.29, 0.717) is 27.0 Å². The molecule has 3 unspecified atom stereocenters. The van der Waals surface area contributed by atoms with Crippen LogP contribution in [0.3, 0.4) is 0 Å². The molecule has 0 radical (unpaired) electrons. The number of imide groups is 2. The Morgan fingerprint density at radius 2 is 1.72 bits per heavy atom. The van der Waals surface area contributed by atoms with Crippen molar-refractivity contribution in [1.29, 1.82) is 0 Å². The van der Waals surface area contributed by atoms with Crippen LogP contribution in [0, 0.1) is 0 Å². The monoisotopic (exact) mass is 664 g/mol. The first kappa shape index (κ1) is 31.4. The molecule has 6 rings (SSSR count). The molecule has 46 heavy (non-hydrogen) atoms. The van der Waals surface area contributed by atoms with Gasteiger partial charge in [-0.05, 0) is 60.0 Å². The second-order valence-corrected chi connectivity index (χ2v) is 11.8. The molecule has 0 spiro atoms. The molecule has 3 aromatic carbocycles. The maximum Gasteiger partial charge on any atom is 0.261 e. The minimum Gasteiger partial charge on any atom is -0.458 e. The fourth-order valence-corrected chi connectivity index (χ4v) is 6.15. The van der Waals surface area contributed by atoms with Gasteiger partial charge in [0, 0.05) is 45.9 Å². The summed E-state index contributed by atoms with van der Waals surface area (Å²) in [5, 5.41) is 27.0. The van der Waals surface area contributed by atoms with Crippen molar-refractivity contribution in [1.82, 2.24) is 15.1 Å². The molecule has 4 N–H and O–H groups in total. The van der Waals surface area contributed by atoms with Crippen molar-refractivity contribution in [2.45, 2.75) is 44.3 Å². The number of benzene rings is 3. The summed E-state index contributed by atoms with van der Waals surface area (Å²) >= 11 is 12.0. The number of carbonyl (C=O) groups excluding carboxylic acids is 5. The SMILES string of the molecule is O=C1CCC(N2C(=O)Cc3c(C(=O)Nc4ccc(CN5C(O)C=C(Oc6cc(Cl)cc(Cl)c6)C5O)cc4)cccc3C2=O)C(=O)N1. The van der Waals surface area contributed by atoms with E-state index in [1.165, 1.54) is 47.4 Å². The Balaban J connectivity index is 1.11. The molecule has 0 aliphatic carbocycles. The molecule has 3 atom stereocenters. The van der Waals surface area contributed by atoms with Crippen LogP contribution in [-0.4, -0.2) is 68.0 Å². The maximum atomic E-state index is 13.3. The molecule has 14 heteroatoms. The second kappa shape index (κ2) is 12.7. The van der Waals surface area contributed by atoms with Crippen molar-refractivity contribution in [3.8, 4) is 5.75 Å². The Morgan fingerprint density at radius 3 is 2.41 bits per heavy atom. The summed E-state index contributed by atoms with van der Waals surface area (Å²) < 4.78 is 5.71. The largest absolute Gasteiger partial charge is 0.458 e. The van der Waals surface area contributed by atoms with Crippen molar-refractivity contribution in [3.63, 3.8) is 0 Å². The van der Waals surface area contributed by atoms with Crippen LogP contribution in [0.15, 0.2) is 72.5 Å². The molecule has 0 aromatic heterocycles. The Bertz CT molecular complexity index is 1790. The van der Waals surface area contributed by atoms with E-state index in [4.69, 9.17) is 27.9 Å². The van der Waals surface area contributed by atoms with Gasteiger partial charge in [0.25, 0.3) is 11.8 Å². The van der Waals surface area contributed by atoms with Gasteiger partial charge >= 0.3 is 0 Å². The van der Waals surface area contributed by atoms with Gasteiger partial charge in [0.05, 0.1) is 6.42 Å². The third kappa shape index (κ3) is 6.26. The lowest BCUT2D eigenvalue weighted by molar-refractivity contribution is -0.143. The van der Waals surface area contributed by atoms with E-state index in [1.54, 1.807) is 24.3 Å². The molecular formula is C32H26Cl2N4O8. The predicted molar refractivity (Wildman–Crippen MR) is 165 cm³/mol. The Kier molecular flexibility index (Phi) is 8.64. The van der Waals surface area contributed by atoms with Gasteiger partial charge in [-0.25, -0.2) is 4.90 Å². The highest BCUT2D eigenvalue weighted by Crippen LogP contribution is 2.31. The van der Waals surface area contributed by atoms with Crippen LogP contribution in [0.1, 0.15) is 44.7 Å². The van der Waals surface area contributed by atoms with Gasteiger partial charge in [-0.15, -0.1) is 0 Å². The highest BCUT2D eigenvalue weighted by atomic mass is 35.5. The zero-order valence-electron chi connectivity index (χ0n) is 23.9. The van der Waals surface area contributed by atoms with E-state index >= 15 is 0 Å². The topological polar surface area (TPSA) is 166 Å². The molecule has 3 aliphatic heterocycles. The number of piperidine rings is 1. The molecule has 5 amide bonds. The van der Waals surface area contributed by atoms with Gasteiger partial charge in [-0.3, -0.25) is 34.2 Å². The third-order valence-electron chi connectivity index (χ3n) is 7.86. The summed E-state index contributed by atoms with van der Waals surface area (Å²) in [6, 6.07) is 14.7. The fourth-order valence-electron chi connectivity index (χ4n) is 5.64. The zero-order valence-corrected chi connectivity index (χ0v) is 25.4. The number of carbonyl (C=O) groups is 5. The number of ether oxygens (including phenoxy) is 1. The van der Waals surface area contributed by atoms with Gasteiger partial charge in [0.2, 0.25) is 17.7 Å². The average molecular weight is 665 g/mol. The van der Waals surface area contributed by atoms with Crippen LogP contribution in [0.25, 0.3) is 0 Å². The highest BCUT2D eigenvalue weighted by Gasteiger charge is 2.42. The number of anilines is 1. The quantitative estimate of drug-likeness (QED) is 0.278. The smallest absolute Gasteiger partial charge is 0.261 e. The van der Waals surface area contributed by atoms with Crippen molar-refractivity contribution < 1.29 is 38.9 Å². The standard InChI is InChI=1S/C32H26Cl2N4O8/c33-17-10-18(34)12-20(11-17)46-25-14-27(40)37(32(25)45)15-16-4-6-19(7-5-16)35-29(42)21-2-1-3-22-23(21)13-28(41)38(31(22)44)24-8-9-26(39)36-30(24)43/h1-7,10-12,14,24,27,32,40,45H,8-9,13,15H2,(H,35,42)(H,36,39,43). The van der Waals surface area contributed by atoms with E-state index < -0.39 is 48.0 Å². The first-order chi connectivity index (χ1) is 22.0. The van der Waals surface area contributed by atoms with Crippen LogP contribution in [-0.2, 0) is 27.3 Å². The van der Waals surface area contributed by atoms with E-state index in [2.05, 4.69) is 10.6 Å². The number of aliphatic hydroxyl groups is 2. The minimum absolute atomic E-state index is 0.00674. The molecule has 3 aromatic rings. The molecule has 3 heterocycles. The number of nitrogens with one attached hydrogen (secondary N) is 2. The van der Waals surface area contributed by atoms with Gasteiger partial charge in [-0.1, -0.05) is 41.4 Å². The molecular weight excluding hydrogens is 639 g/mol. The van der Waals surface area contributed by atoms with Crippen LogP contribution in [0.2, 0.25) is 10.0 Å². The van der Waals surface area contributed by atoms with Crippen LogP contribution in [0.4, 0.5) is 5.69 Å². The number of nitrogens with zero attached hydrogens (tertiary/aromatic N) is 2. The lowest BCUT2D eigenvalue weighted by Crippen LogP contribution is -2.58. The van der Waals surface area contributed by atoms with Crippen molar-refractivity contribution in [2.24, 2.45) is 0 Å².